The van der Waals surface area contributed by atoms with E-state index in [1.54, 1.807) is 19.1 Å². The van der Waals surface area contributed by atoms with Gasteiger partial charge in [-0.1, -0.05) is 15.9 Å². The van der Waals surface area contributed by atoms with Gasteiger partial charge < -0.3 is 14.6 Å². The molecule has 0 unspecified atom stereocenters. The standard InChI is InChI=1S/C13H13BrO5.Li.H/c1-3-19-13(17)12(16)7-11(15)8-4-9(14)6-10(5-8)18-2;;/h4-7,15H,3H2,1-2H3;;. The Bertz CT molecular complexity index is 527. The van der Waals surface area contributed by atoms with Crippen LogP contribution in [-0.4, -0.2) is 49.4 Å². The van der Waals surface area contributed by atoms with E-state index in [1.807, 2.05) is 0 Å². The van der Waals surface area contributed by atoms with Gasteiger partial charge >= 0.3 is 24.8 Å². The van der Waals surface area contributed by atoms with Gasteiger partial charge in [-0.05, 0) is 25.1 Å². The van der Waals surface area contributed by atoms with Crippen molar-refractivity contribution < 1.29 is 24.2 Å². The second-order valence-corrected chi connectivity index (χ2v) is 4.41. The van der Waals surface area contributed by atoms with Crippen LogP contribution in [0, 0.1) is 0 Å². The van der Waals surface area contributed by atoms with Crippen molar-refractivity contribution in [1.29, 1.82) is 0 Å². The Morgan fingerprint density at radius 3 is 2.55 bits per heavy atom. The van der Waals surface area contributed by atoms with Crippen molar-refractivity contribution in [2.75, 3.05) is 13.7 Å². The summed E-state index contributed by atoms with van der Waals surface area (Å²) in [7, 11) is 1.48. The van der Waals surface area contributed by atoms with E-state index in [-0.39, 0.29) is 31.2 Å². The summed E-state index contributed by atoms with van der Waals surface area (Å²) in [6, 6.07) is 4.83. The molecule has 0 amide bonds. The van der Waals surface area contributed by atoms with Gasteiger partial charge in [-0.2, -0.15) is 0 Å². The van der Waals surface area contributed by atoms with E-state index < -0.39 is 11.8 Å². The molecule has 1 rings (SSSR count). The summed E-state index contributed by atoms with van der Waals surface area (Å²) in [4.78, 5) is 22.5. The molecule has 0 spiro atoms. The average molecular weight is 337 g/mol. The van der Waals surface area contributed by atoms with E-state index in [0.29, 0.717) is 15.8 Å². The summed E-state index contributed by atoms with van der Waals surface area (Å²) in [6.07, 6.45) is 0.819. The molecule has 1 N–H and O–H groups in total. The van der Waals surface area contributed by atoms with Gasteiger partial charge in [0.05, 0.1) is 13.7 Å². The third-order valence-electron chi connectivity index (χ3n) is 2.15. The summed E-state index contributed by atoms with van der Waals surface area (Å²) in [5.74, 6) is -1.75. The Morgan fingerprint density at radius 1 is 1.35 bits per heavy atom. The number of hydrogen-bond donors (Lipinski definition) is 1. The van der Waals surface area contributed by atoms with Gasteiger partial charge in [-0.25, -0.2) is 4.79 Å². The molecule has 5 nitrogen and oxygen atoms in total. The summed E-state index contributed by atoms with van der Waals surface area (Å²) in [6.45, 7) is 1.69. The molecule has 1 aromatic rings. The Labute approximate surface area is 137 Å². The number of carbonyl (C=O) groups excluding carboxylic acids is 2. The van der Waals surface area contributed by atoms with Gasteiger partial charge in [0.25, 0.3) is 5.78 Å². The molecule has 0 heterocycles. The van der Waals surface area contributed by atoms with Crippen LogP contribution in [-0.2, 0) is 14.3 Å². The number of benzene rings is 1. The SMILES string of the molecule is CCOC(=O)C(=O)C=C(O)c1cc(Br)cc(OC)c1.[LiH]. The molecule has 1 aromatic carbocycles. The first kappa shape index (κ1) is 18.8. The van der Waals surface area contributed by atoms with Crippen LogP contribution in [0.5, 0.6) is 5.75 Å². The first-order chi connectivity index (χ1) is 8.97. The average Bonchev–Trinajstić information content (AvgIpc) is 2.38. The predicted molar refractivity (Wildman–Crippen MR) is 80.1 cm³/mol. The fourth-order valence-corrected chi connectivity index (χ4v) is 1.77. The summed E-state index contributed by atoms with van der Waals surface area (Å²) in [5, 5.41) is 9.81. The number of carbonyl (C=O) groups is 2. The molecule has 0 bridgehead atoms. The number of methoxy groups -OCH3 is 1. The maximum absolute atomic E-state index is 11.4. The van der Waals surface area contributed by atoms with E-state index >= 15 is 0 Å². The van der Waals surface area contributed by atoms with Crippen molar-refractivity contribution in [3.63, 3.8) is 0 Å². The zero-order valence-corrected chi connectivity index (χ0v) is 12.1. The van der Waals surface area contributed by atoms with Gasteiger partial charge in [-0.15, -0.1) is 0 Å². The Morgan fingerprint density at radius 2 is 2.00 bits per heavy atom. The van der Waals surface area contributed by atoms with E-state index in [1.165, 1.54) is 13.2 Å². The minimum absolute atomic E-state index is 0. The molecule has 0 aliphatic heterocycles. The fourth-order valence-electron chi connectivity index (χ4n) is 1.30. The molecule has 0 atom stereocenters. The van der Waals surface area contributed by atoms with Crippen molar-refractivity contribution in [2.45, 2.75) is 6.92 Å². The minimum atomic E-state index is -1.00. The fraction of sp³-hybridized carbons (Fsp3) is 0.231. The van der Waals surface area contributed by atoms with Gasteiger partial charge in [0.15, 0.2) is 0 Å². The van der Waals surface area contributed by atoms with Crippen LogP contribution in [0.2, 0.25) is 0 Å². The number of aliphatic hydroxyl groups excluding tert-OH is 1. The number of halogens is 1. The second kappa shape index (κ2) is 8.85. The zero-order valence-electron chi connectivity index (χ0n) is 10.5. The van der Waals surface area contributed by atoms with E-state index in [2.05, 4.69) is 20.7 Å². The quantitative estimate of drug-likeness (QED) is 0.292. The Hall–Kier alpha value is -1.22. The van der Waals surface area contributed by atoms with Gasteiger partial charge in [-0.3, -0.25) is 4.79 Å². The van der Waals surface area contributed by atoms with Gasteiger partial charge in [0, 0.05) is 16.1 Å². The number of hydrogen-bond acceptors (Lipinski definition) is 5. The van der Waals surface area contributed by atoms with Crippen molar-refractivity contribution in [3.05, 3.63) is 34.3 Å². The van der Waals surface area contributed by atoms with Crippen LogP contribution in [0.15, 0.2) is 28.7 Å². The summed E-state index contributed by atoms with van der Waals surface area (Å²) < 4.78 is 10.2. The van der Waals surface area contributed by atoms with E-state index in [0.717, 1.165) is 6.08 Å². The first-order valence-corrected chi connectivity index (χ1v) is 6.24. The topological polar surface area (TPSA) is 72.8 Å². The van der Waals surface area contributed by atoms with Crippen LogP contribution < -0.4 is 4.74 Å². The number of ketones is 1. The monoisotopic (exact) mass is 336 g/mol. The molecule has 0 saturated carbocycles. The third-order valence-corrected chi connectivity index (χ3v) is 2.61. The molecule has 0 fully saturated rings. The molecule has 104 valence electrons. The van der Waals surface area contributed by atoms with Crippen molar-refractivity contribution in [2.24, 2.45) is 0 Å². The molecule has 0 aliphatic carbocycles. The third kappa shape index (κ3) is 5.41. The molecular formula is C13H14BrLiO5. The normalized spacial score (nSPS) is 10.4. The van der Waals surface area contributed by atoms with Gasteiger partial charge in [0.1, 0.15) is 11.5 Å². The van der Waals surface area contributed by atoms with Crippen LogP contribution >= 0.6 is 15.9 Å². The van der Waals surface area contributed by atoms with Crippen LogP contribution in [0.3, 0.4) is 0 Å². The summed E-state index contributed by atoms with van der Waals surface area (Å²) >= 11 is 3.25. The molecule has 7 heteroatoms. The van der Waals surface area contributed by atoms with Crippen LogP contribution in [0.25, 0.3) is 5.76 Å². The Kier molecular flexibility index (Phi) is 8.31. The van der Waals surface area contributed by atoms with Crippen molar-refractivity contribution in [1.82, 2.24) is 0 Å². The second-order valence-electron chi connectivity index (χ2n) is 3.49. The molecular weight excluding hydrogens is 323 g/mol. The van der Waals surface area contributed by atoms with Crippen molar-refractivity contribution in [3.8, 4) is 5.75 Å². The molecule has 0 radical (unpaired) electrons. The molecule has 0 aromatic heterocycles. The first-order valence-electron chi connectivity index (χ1n) is 5.44. The maximum atomic E-state index is 11.4. The van der Waals surface area contributed by atoms with Crippen LogP contribution in [0.4, 0.5) is 0 Å². The number of esters is 1. The van der Waals surface area contributed by atoms with E-state index in [9.17, 15) is 14.7 Å². The number of rotatable bonds is 5. The number of aliphatic hydroxyl groups is 1. The molecule has 0 saturated heterocycles. The molecule has 0 aliphatic rings. The Balaban J connectivity index is 0.00000361. The number of ether oxygens (including phenoxy) is 2. The van der Waals surface area contributed by atoms with E-state index in [4.69, 9.17) is 4.74 Å². The molecule has 20 heavy (non-hydrogen) atoms. The van der Waals surface area contributed by atoms with Crippen LogP contribution in [0.1, 0.15) is 12.5 Å². The van der Waals surface area contributed by atoms with Crippen molar-refractivity contribution >= 4 is 52.3 Å². The predicted octanol–water partition coefficient (Wildman–Crippen LogP) is 1.84. The van der Waals surface area contributed by atoms with Gasteiger partial charge in [0.2, 0.25) is 0 Å². The summed E-state index contributed by atoms with van der Waals surface area (Å²) in [5.41, 5.74) is 0.351. The zero-order chi connectivity index (χ0) is 14.4.